The number of carbonyl (C=O) groups excluding carboxylic acids is 1. The van der Waals surface area contributed by atoms with E-state index in [-0.39, 0.29) is 5.91 Å². The minimum atomic E-state index is 0.0793. The highest BCUT2D eigenvalue weighted by molar-refractivity contribution is 5.91. The fourth-order valence-corrected chi connectivity index (χ4v) is 2.48. The summed E-state index contributed by atoms with van der Waals surface area (Å²) in [5.74, 6) is 1.36. The maximum Gasteiger partial charge on any atom is 0.246 e. The Labute approximate surface area is 120 Å². The molecular weight excluding hydrogens is 252 g/mol. The zero-order valence-electron chi connectivity index (χ0n) is 12.3. The second-order valence-electron chi connectivity index (χ2n) is 5.70. The third-order valence-corrected chi connectivity index (χ3v) is 3.58. The van der Waals surface area contributed by atoms with Gasteiger partial charge in [-0.25, -0.2) is 0 Å². The summed E-state index contributed by atoms with van der Waals surface area (Å²) in [6.45, 7) is 7.00. The van der Waals surface area contributed by atoms with Crippen LogP contribution in [0.25, 0.3) is 6.08 Å². The van der Waals surface area contributed by atoms with E-state index < -0.39 is 0 Å². The van der Waals surface area contributed by atoms with E-state index in [1.54, 1.807) is 18.4 Å². The van der Waals surface area contributed by atoms with E-state index in [4.69, 9.17) is 4.42 Å². The van der Waals surface area contributed by atoms with Gasteiger partial charge in [-0.15, -0.1) is 0 Å². The van der Waals surface area contributed by atoms with Crippen molar-refractivity contribution >= 4 is 12.0 Å². The average Bonchev–Trinajstić information content (AvgIpc) is 2.96. The molecule has 0 bridgehead atoms. The number of piperidine rings is 1. The van der Waals surface area contributed by atoms with Gasteiger partial charge in [0, 0.05) is 25.2 Å². The summed E-state index contributed by atoms with van der Waals surface area (Å²) in [5, 5.41) is 3.46. The molecule has 1 unspecified atom stereocenters. The molecule has 4 nitrogen and oxygen atoms in total. The summed E-state index contributed by atoms with van der Waals surface area (Å²) in [4.78, 5) is 14.1. The smallest absolute Gasteiger partial charge is 0.246 e. The van der Waals surface area contributed by atoms with Crippen molar-refractivity contribution in [1.82, 2.24) is 10.2 Å². The molecule has 1 amide bonds. The Balaban J connectivity index is 1.83. The van der Waals surface area contributed by atoms with Gasteiger partial charge < -0.3 is 14.6 Å². The molecule has 1 fully saturated rings. The van der Waals surface area contributed by atoms with Gasteiger partial charge in [0.2, 0.25) is 5.91 Å². The highest BCUT2D eigenvalue weighted by Gasteiger charge is 2.22. The standard InChI is InChI=1S/C16H24N2O2/c1-13(2)17-11-14-5-3-9-18(12-14)16(19)8-7-15-6-4-10-20-15/h4,6-8,10,13-14,17H,3,5,9,11-12H2,1-2H3. The van der Waals surface area contributed by atoms with E-state index in [1.807, 2.05) is 17.0 Å². The van der Waals surface area contributed by atoms with Crippen LogP contribution in [0.15, 0.2) is 28.9 Å². The van der Waals surface area contributed by atoms with Crippen LogP contribution < -0.4 is 5.32 Å². The molecule has 1 aromatic rings. The van der Waals surface area contributed by atoms with Gasteiger partial charge in [-0.3, -0.25) is 4.79 Å². The molecule has 0 radical (unpaired) electrons. The molecule has 2 rings (SSSR count). The highest BCUT2D eigenvalue weighted by atomic mass is 16.3. The van der Waals surface area contributed by atoms with Crippen LogP contribution in [0.4, 0.5) is 0 Å². The van der Waals surface area contributed by atoms with Crippen LogP contribution in [-0.2, 0) is 4.79 Å². The molecule has 0 saturated carbocycles. The molecule has 110 valence electrons. The van der Waals surface area contributed by atoms with Gasteiger partial charge in [0.15, 0.2) is 0 Å². The molecule has 1 aliphatic heterocycles. The SMILES string of the molecule is CC(C)NCC1CCCN(C(=O)C=Cc2ccco2)C1. The Bertz CT molecular complexity index is 437. The van der Waals surface area contributed by atoms with E-state index in [2.05, 4.69) is 19.2 Å². The minimum Gasteiger partial charge on any atom is -0.465 e. The summed E-state index contributed by atoms with van der Waals surface area (Å²) in [7, 11) is 0. The molecule has 0 aliphatic carbocycles. The lowest BCUT2D eigenvalue weighted by Crippen LogP contribution is -2.43. The van der Waals surface area contributed by atoms with Crippen LogP contribution in [0.1, 0.15) is 32.4 Å². The monoisotopic (exact) mass is 276 g/mol. The molecule has 0 spiro atoms. The minimum absolute atomic E-state index is 0.0793. The van der Waals surface area contributed by atoms with Crippen molar-refractivity contribution in [3.8, 4) is 0 Å². The largest absolute Gasteiger partial charge is 0.465 e. The summed E-state index contributed by atoms with van der Waals surface area (Å²) in [5.41, 5.74) is 0. The highest BCUT2D eigenvalue weighted by Crippen LogP contribution is 2.16. The van der Waals surface area contributed by atoms with Crippen molar-refractivity contribution in [3.05, 3.63) is 30.2 Å². The van der Waals surface area contributed by atoms with Crippen LogP contribution in [0.2, 0.25) is 0 Å². The average molecular weight is 276 g/mol. The summed E-state index contributed by atoms with van der Waals surface area (Å²) >= 11 is 0. The third kappa shape index (κ3) is 4.53. The van der Waals surface area contributed by atoms with E-state index in [1.165, 1.54) is 6.42 Å². The van der Waals surface area contributed by atoms with Gasteiger partial charge in [-0.1, -0.05) is 13.8 Å². The van der Waals surface area contributed by atoms with Gasteiger partial charge in [0.05, 0.1) is 6.26 Å². The molecule has 1 saturated heterocycles. The number of furan rings is 1. The number of likely N-dealkylation sites (tertiary alicyclic amines) is 1. The van der Waals surface area contributed by atoms with Crippen molar-refractivity contribution in [1.29, 1.82) is 0 Å². The number of hydrogen-bond acceptors (Lipinski definition) is 3. The Hall–Kier alpha value is -1.55. The van der Waals surface area contributed by atoms with Crippen LogP contribution in [0, 0.1) is 5.92 Å². The zero-order chi connectivity index (χ0) is 14.4. The first-order valence-corrected chi connectivity index (χ1v) is 7.39. The lowest BCUT2D eigenvalue weighted by Gasteiger charge is -2.32. The van der Waals surface area contributed by atoms with Gasteiger partial charge >= 0.3 is 0 Å². The fourth-order valence-electron chi connectivity index (χ4n) is 2.48. The summed E-state index contributed by atoms with van der Waals surface area (Å²) in [6.07, 6.45) is 7.24. The van der Waals surface area contributed by atoms with Gasteiger partial charge in [-0.2, -0.15) is 0 Å². The summed E-state index contributed by atoms with van der Waals surface area (Å²) < 4.78 is 5.19. The molecule has 1 N–H and O–H groups in total. The van der Waals surface area contributed by atoms with Crippen molar-refractivity contribution in [2.75, 3.05) is 19.6 Å². The Morgan fingerprint density at radius 1 is 1.60 bits per heavy atom. The number of carbonyl (C=O) groups is 1. The van der Waals surface area contributed by atoms with Crippen LogP contribution in [0.5, 0.6) is 0 Å². The third-order valence-electron chi connectivity index (χ3n) is 3.58. The Morgan fingerprint density at radius 3 is 3.15 bits per heavy atom. The first-order chi connectivity index (χ1) is 9.65. The lowest BCUT2D eigenvalue weighted by atomic mass is 9.97. The number of hydrogen-bond donors (Lipinski definition) is 1. The molecular formula is C16H24N2O2. The van der Waals surface area contributed by atoms with Crippen molar-refractivity contribution in [2.45, 2.75) is 32.7 Å². The topological polar surface area (TPSA) is 45.5 Å². The summed E-state index contributed by atoms with van der Waals surface area (Å²) in [6, 6.07) is 4.16. The predicted octanol–water partition coefficient (Wildman–Crippen LogP) is 2.53. The molecule has 2 heterocycles. The van der Waals surface area contributed by atoms with E-state index in [0.717, 1.165) is 26.1 Å². The second kappa shape index (κ2) is 7.29. The number of amides is 1. The molecule has 1 aromatic heterocycles. The first kappa shape index (κ1) is 14.9. The maximum atomic E-state index is 12.2. The molecule has 1 aliphatic rings. The van der Waals surface area contributed by atoms with E-state index >= 15 is 0 Å². The van der Waals surface area contributed by atoms with E-state index in [0.29, 0.717) is 17.7 Å². The Kier molecular flexibility index (Phi) is 5.41. The predicted molar refractivity (Wildman–Crippen MR) is 80.2 cm³/mol. The van der Waals surface area contributed by atoms with Gasteiger partial charge in [0.25, 0.3) is 0 Å². The second-order valence-corrected chi connectivity index (χ2v) is 5.70. The van der Waals surface area contributed by atoms with Crippen molar-refractivity contribution < 1.29 is 9.21 Å². The van der Waals surface area contributed by atoms with E-state index in [9.17, 15) is 4.79 Å². The Morgan fingerprint density at radius 2 is 2.45 bits per heavy atom. The van der Waals surface area contributed by atoms with Gasteiger partial charge in [0.1, 0.15) is 5.76 Å². The molecule has 0 aromatic carbocycles. The van der Waals surface area contributed by atoms with Crippen molar-refractivity contribution in [3.63, 3.8) is 0 Å². The van der Waals surface area contributed by atoms with Crippen LogP contribution in [-0.4, -0.2) is 36.5 Å². The number of nitrogens with one attached hydrogen (secondary N) is 1. The van der Waals surface area contributed by atoms with Crippen LogP contribution >= 0.6 is 0 Å². The first-order valence-electron chi connectivity index (χ1n) is 7.39. The molecule has 20 heavy (non-hydrogen) atoms. The normalized spacial score (nSPS) is 19.9. The molecule has 1 atom stereocenters. The quantitative estimate of drug-likeness (QED) is 0.841. The number of nitrogens with zero attached hydrogens (tertiary/aromatic N) is 1. The van der Waals surface area contributed by atoms with Crippen molar-refractivity contribution in [2.24, 2.45) is 5.92 Å². The molecule has 4 heteroatoms. The zero-order valence-corrected chi connectivity index (χ0v) is 12.3. The fraction of sp³-hybridized carbons (Fsp3) is 0.562. The lowest BCUT2D eigenvalue weighted by molar-refractivity contribution is -0.127. The maximum absolute atomic E-state index is 12.2. The number of rotatable bonds is 5. The van der Waals surface area contributed by atoms with Gasteiger partial charge in [-0.05, 0) is 43.5 Å². The van der Waals surface area contributed by atoms with Crippen LogP contribution in [0.3, 0.4) is 0 Å².